The van der Waals surface area contributed by atoms with Crippen molar-refractivity contribution >= 4 is 11.9 Å². The summed E-state index contributed by atoms with van der Waals surface area (Å²) in [5.74, 6) is -0.648. The quantitative estimate of drug-likeness (QED) is 0.0585. The fourth-order valence-electron chi connectivity index (χ4n) is 5.99. The van der Waals surface area contributed by atoms with Crippen LogP contribution in [0.15, 0.2) is 0 Å². The summed E-state index contributed by atoms with van der Waals surface area (Å²) in [5.41, 5.74) is 0. The number of ether oxygens (including phenoxy) is 1. The second kappa shape index (κ2) is 34.4. The molecule has 0 aliphatic heterocycles. The third-order valence-corrected chi connectivity index (χ3v) is 8.82. The van der Waals surface area contributed by atoms with Gasteiger partial charge >= 0.3 is 11.9 Å². The lowest BCUT2D eigenvalue weighted by Gasteiger charge is -2.13. The number of aliphatic carboxylic acids is 1. The summed E-state index contributed by atoms with van der Waals surface area (Å²) in [7, 11) is 0. The van der Waals surface area contributed by atoms with E-state index in [0.717, 1.165) is 25.7 Å². The normalized spacial score (nSPS) is 12.0. The maximum Gasteiger partial charge on any atom is 0.306 e. The van der Waals surface area contributed by atoms with Gasteiger partial charge in [0.15, 0.2) is 0 Å². The average Bonchev–Trinajstić information content (AvgIpc) is 2.96. The van der Waals surface area contributed by atoms with Crippen molar-refractivity contribution in [2.75, 3.05) is 0 Å². The SMILES string of the molecule is CCCCCCCCCCCCCC(=O)OC(C)CCCCCCCCCCCCCCCCCCCCCC(=O)O. The van der Waals surface area contributed by atoms with Gasteiger partial charge in [-0.15, -0.1) is 0 Å². The van der Waals surface area contributed by atoms with Gasteiger partial charge in [0.25, 0.3) is 0 Å². The Hall–Kier alpha value is -1.06. The number of carboxylic acids is 1. The van der Waals surface area contributed by atoms with E-state index in [0.29, 0.717) is 12.8 Å². The molecule has 0 heterocycles. The smallest absolute Gasteiger partial charge is 0.306 e. The van der Waals surface area contributed by atoms with Crippen molar-refractivity contribution in [2.24, 2.45) is 0 Å². The van der Waals surface area contributed by atoms with Crippen LogP contribution >= 0.6 is 0 Å². The Kier molecular flexibility index (Phi) is 33.6. The number of hydrogen-bond donors (Lipinski definition) is 1. The van der Waals surface area contributed by atoms with Gasteiger partial charge in [-0.3, -0.25) is 9.59 Å². The third kappa shape index (κ3) is 35.1. The van der Waals surface area contributed by atoms with Crippen molar-refractivity contribution in [1.29, 1.82) is 0 Å². The molecule has 0 fully saturated rings. The highest BCUT2D eigenvalue weighted by molar-refractivity contribution is 5.69. The minimum Gasteiger partial charge on any atom is -0.481 e. The lowest BCUT2D eigenvalue weighted by molar-refractivity contribution is -0.148. The molecule has 1 atom stereocenters. The molecule has 1 unspecified atom stereocenters. The number of hydrogen-bond acceptors (Lipinski definition) is 3. The summed E-state index contributed by atoms with van der Waals surface area (Å²) in [5, 5.41) is 8.64. The molecule has 0 saturated carbocycles. The van der Waals surface area contributed by atoms with Crippen molar-refractivity contribution in [3.8, 4) is 0 Å². The average molecular weight is 595 g/mol. The van der Waals surface area contributed by atoms with Crippen LogP contribution in [0.5, 0.6) is 0 Å². The van der Waals surface area contributed by atoms with Crippen molar-refractivity contribution < 1.29 is 19.4 Å². The molecule has 4 heteroatoms. The Bertz CT molecular complexity index is 561. The van der Waals surface area contributed by atoms with Crippen LogP contribution in [-0.4, -0.2) is 23.1 Å². The number of carbonyl (C=O) groups is 2. The standard InChI is InChI=1S/C38H74O4/c1-3-4-5-6-7-8-18-23-26-29-32-35-38(41)42-36(2)33-30-27-24-21-19-16-14-12-10-9-11-13-15-17-20-22-25-28-31-34-37(39)40/h36H,3-35H2,1-2H3,(H,39,40). The summed E-state index contributed by atoms with van der Waals surface area (Å²) in [6.45, 7) is 4.34. The molecule has 4 nitrogen and oxygen atoms in total. The van der Waals surface area contributed by atoms with Gasteiger partial charge in [-0.2, -0.15) is 0 Å². The highest BCUT2D eigenvalue weighted by Gasteiger charge is 2.09. The van der Waals surface area contributed by atoms with E-state index in [1.54, 1.807) is 0 Å². The fourth-order valence-corrected chi connectivity index (χ4v) is 5.99. The largest absolute Gasteiger partial charge is 0.481 e. The molecule has 250 valence electrons. The van der Waals surface area contributed by atoms with Crippen LogP contribution in [-0.2, 0) is 14.3 Å². The molecule has 0 rings (SSSR count). The Labute approximate surface area is 262 Å². The monoisotopic (exact) mass is 595 g/mol. The number of unbranched alkanes of at least 4 members (excludes halogenated alkanes) is 28. The first-order chi connectivity index (χ1) is 20.6. The van der Waals surface area contributed by atoms with Crippen LogP contribution in [0.25, 0.3) is 0 Å². The number of esters is 1. The summed E-state index contributed by atoms with van der Waals surface area (Å²) < 4.78 is 5.63. The molecule has 0 aliphatic carbocycles. The summed E-state index contributed by atoms with van der Waals surface area (Å²) in [6, 6.07) is 0. The second-order valence-corrected chi connectivity index (χ2v) is 13.2. The van der Waals surface area contributed by atoms with E-state index in [1.807, 2.05) is 0 Å². The molecule has 0 amide bonds. The van der Waals surface area contributed by atoms with E-state index < -0.39 is 5.97 Å². The molecule has 0 saturated heterocycles. The van der Waals surface area contributed by atoms with E-state index in [1.165, 1.54) is 173 Å². The third-order valence-electron chi connectivity index (χ3n) is 8.82. The van der Waals surface area contributed by atoms with Crippen LogP contribution in [0.1, 0.15) is 226 Å². The lowest BCUT2D eigenvalue weighted by Crippen LogP contribution is -2.14. The van der Waals surface area contributed by atoms with Crippen LogP contribution in [0.2, 0.25) is 0 Å². The van der Waals surface area contributed by atoms with Gasteiger partial charge in [-0.05, 0) is 32.6 Å². The van der Waals surface area contributed by atoms with Gasteiger partial charge in [0.1, 0.15) is 0 Å². The van der Waals surface area contributed by atoms with E-state index in [9.17, 15) is 9.59 Å². The van der Waals surface area contributed by atoms with Crippen molar-refractivity contribution in [2.45, 2.75) is 232 Å². The van der Waals surface area contributed by atoms with E-state index in [-0.39, 0.29) is 12.1 Å². The highest BCUT2D eigenvalue weighted by atomic mass is 16.5. The number of rotatable bonds is 35. The molecule has 0 aromatic rings. The molecule has 0 aliphatic rings. The minimum absolute atomic E-state index is 0.0109. The Morgan fingerprint density at radius 2 is 0.738 bits per heavy atom. The van der Waals surface area contributed by atoms with Gasteiger partial charge in [0.05, 0.1) is 6.10 Å². The minimum atomic E-state index is -0.659. The molecule has 0 bridgehead atoms. The zero-order valence-electron chi connectivity index (χ0n) is 28.6. The van der Waals surface area contributed by atoms with E-state index in [2.05, 4.69) is 13.8 Å². The summed E-state index contributed by atoms with van der Waals surface area (Å²) in [6.07, 6.45) is 41.1. The highest BCUT2D eigenvalue weighted by Crippen LogP contribution is 2.16. The molecule has 1 N–H and O–H groups in total. The maximum absolute atomic E-state index is 12.1. The van der Waals surface area contributed by atoms with Crippen molar-refractivity contribution in [3.05, 3.63) is 0 Å². The first kappa shape index (κ1) is 40.9. The van der Waals surface area contributed by atoms with Crippen molar-refractivity contribution in [3.63, 3.8) is 0 Å². The summed E-state index contributed by atoms with van der Waals surface area (Å²) >= 11 is 0. The molecular weight excluding hydrogens is 520 g/mol. The number of carboxylic acid groups (broad SMARTS) is 1. The van der Waals surface area contributed by atoms with Gasteiger partial charge in [-0.25, -0.2) is 0 Å². The van der Waals surface area contributed by atoms with Gasteiger partial charge < -0.3 is 9.84 Å². The molecule has 0 aromatic carbocycles. The van der Waals surface area contributed by atoms with Crippen LogP contribution < -0.4 is 0 Å². The Morgan fingerprint density at radius 3 is 1.07 bits per heavy atom. The second-order valence-electron chi connectivity index (χ2n) is 13.2. The number of carbonyl (C=O) groups excluding carboxylic acids is 1. The molecule has 0 radical (unpaired) electrons. The summed E-state index contributed by atoms with van der Waals surface area (Å²) in [4.78, 5) is 22.6. The van der Waals surface area contributed by atoms with Crippen LogP contribution in [0.4, 0.5) is 0 Å². The molecular formula is C38H74O4. The van der Waals surface area contributed by atoms with Crippen LogP contribution in [0, 0.1) is 0 Å². The van der Waals surface area contributed by atoms with E-state index >= 15 is 0 Å². The first-order valence-corrected chi connectivity index (χ1v) is 19.0. The zero-order valence-corrected chi connectivity index (χ0v) is 28.6. The lowest BCUT2D eigenvalue weighted by atomic mass is 10.0. The van der Waals surface area contributed by atoms with E-state index in [4.69, 9.17) is 9.84 Å². The van der Waals surface area contributed by atoms with Gasteiger partial charge in [0.2, 0.25) is 0 Å². The Balaban J connectivity index is 3.25. The topological polar surface area (TPSA) is 63.6 Å². The van der Waals surface area contributed by atoms with Gasteiger partial charge in [-0.1, -0.05) is 180 Å². The van der Waals surface area contributed by atoms with Crippen LogP contribution in [0.3, 0.4) is 0 Å². The fraction of sp³-hybridized carbons (Fsp3) is 0.947. The van der Waals surface area contributed by atoms with Crippen molar-refractivity contribution in [1.82, 2.24) is 0 Å². The predicted octanol–water partition coefficient (Wildman–Crippen LogP) is 12.9. The zero-order chi connectivity index (χ0) is 30.8. The maximum atomic E-state index is 12.1. The predicted molar refractivity (Wildman–Crippen MR) is 181 cm³/mol. The van der Waals surface area contributed by atoms with Gasteiger partial charge in [0, 0.05) is 12.8 Å². The molecule has 42 heavy (non-hydrogen) atoms. The molecule has 0 spiro atoms. The molecule has 0 aromatic heterocycles. The Morgan fingerprint density at radius 1 is 0.452 bits per heavy atom. The first-order valence-electron chi connectivity index (χ1n) is 19.0.